The molecule has 0 atom stereocenters. The van der Waals surface area contributed by atoms with Crippen LogP contribution < -0.4 is 15.1 Å². The molecule has 3 aromatic rings. The Hall–Kier alpha value is -3.48. The largest absolute Gasteiger partial charge is 0.423 e. The van der Waals surface area contributed by atoms with Crippen LogP contribution >= 0.6 is 0 Å². The van der Waals surface area contributed by atoms with Gasteiger partial charge in [0.2, 0.25) is 0 Å². The molecule has 1 saturated heterocycles. The minimum Gasteiger partial charge on any atom is -0.423 e. The molecular weight excluding hydrogens is 388 g/mol. The standard InChI is InChI=1S/C22H24N6O.C2H6/c1-17-7-5-8-18(13-17)15-24-27-20-14-21(28-11-3-2-4-12-28)26-22(25-20)29-19-9-6-10-23-16-19;1-2/h5-10,13-16H,2-4,11-12H2,1H3,(H,25,26,27);1-2H3/b24-15+;. The van der Waals surface area contributed by atoms with Crippen molar-refractivity contribution in [1.29, 1.82) is 0 Å². The summed E-state index contributed by atoms with van der Waals surface area (Å²) in [6.07, 6.45) is 8.70. The first kappa shape index (κ1) is 22.2. The molecule has 2 aromatic heterocycles. The van der Waals surface area contributed by atoms with E-state index in [0.29, 0.717) is 11.6 Å². The number of nitrogens with one attached hydrogen (secondary N) is 1. The van der Waals surface area contributed by atoms with Crippen LogP contribution in [-0.4, -0.2) is 34.3 Å². The van der Waals surface area contributed by atoms with E-state index in [1.165, 1.54) is 12.0 Å². The minimum absolute atomic E-state index is 0.273. The SMILES string of the molecule is CC.Cc1cccc(/C=N/Nc2cc(N3CCCCC3)nc(Oc3cccnc3)n2)c1. The Kier molecular flexibility index (Phi) is 8.34. The number of pyridine rings is 1. The lowest BCUT2D eigenvalue weighted by Gasteiger charge is -2.27. The Labute approximate surface area is 184 Å². The zero-order valence-corrected chi connectivity index (χ0v) is 18.5. The summed E-state index contributed by atoms with van der Waals surface area (Å²) in [6, 6.07) is 14.0. The van der Waals surface area contributed by atoms with Crippen molar-refractivity contribution in [2.75, 3.05) is 23.4 Å². The summed E-state index contributed by atoms with van der Waals surface area (Å²) in [5.74, 6) is 2.02. The van der Waals surface area contributed by atoms with Gasteiger partial charge in [-0.15, -0.1) is 0 Å². The molecule has 1 aliphatic heterocycles. The molecule has 4 rings (SSSR count). The van der Waals surface area contributed by atoms with Crippen molar-refractivity contribution in [3.8, 4) is 11.8 Å². The van der Waals surface area contributed by atoms with Gasteiger partial charge in [0.25, 0.3) is 0 Å². The van der Waals surface area contributed by atoms with Crippen LogP contribution in [0.5, 0.6) is 11.8 Å². The van der Waals surface area contributed by atoms with Gasteiger partial charge in [-0.3, -0.25) is 10.4 Å². The van der Waals surface area contributed by atoms with Gasteiger partial charge in [0, 0.05) is 25.4 Å². The summed E-state index contributed by atoms with van der Waals surface area (Å²) >= 11 is 0. The van der Waals surface area contributed by atoms with Crippen LogP contribution in [0.2, 0.25) is 0 Å². The Bertz CT molecular complexity index is 971. The van der Waals surface area contributed by atoms with Crippen molar-refractivity contribution in [3.05, 3.63) is 66.0 Å². The predicted octanol–water partition coefficient (Wildman–Crippen LogP) is 5.43. The number of piperidine rings is 1. The van der Waals surface area contributed by atoms with Gasteiger partial charge in [-0.1, -0.05) is 43.7 Å². The molecule has 0 radical (unpaired) electrons. The molecular formula is C24H30N6O. The zero-order chi connectivity index (χ0) is 21.9. The van der Waals surface area contributed by atoms with Crippen molar-refractivity contribution in [2.24, 2.45) is 5.10 Å². The average molecular weight is 419 g/mol. The molecule has 1 fully saturated rings. The molecule has 162 valence electrons. The van der Waals surface area contributed by atoms with E-state index in [2.05, 4.69) is 49.4 Å². The summed E-state index contributed by atoms with van der Waals surface area (Å²) in [5, 5.41) is 4.34. The second-order valence-corrected chi connectivity index (χ2v) is 7.02. The number of ether oxygens (including phenoxy) is 1. The first-order valence-corrected chi connectivity index (χ1v) is 10.8. The summed E-state index contributed by atoms with van der Waals surface area (Å²) in [6.45, 7) is 8.02. The maximum Gasteiger partial charge on any atom is 0.326 e. The van der Waals surface area contributed by atoms with Crippen molar-refractivity contribution in [1.82, 2.24) is 15.0 Å². The number of nitrogens with zero attached hydrogens (tertiary/aromatic N) is 5. The van der Waals surface area contributed by atoms with Gasteiger partial charge in [-0.25, -0.2) is 0 Å². The molecule has 0 saturated carbocycles. The maximum atomic E-state index is 5.83. The molecule has 0 aliphatic carbocycles. The fraction of sp³-hybridized carbons (Fsp3) is 0.333. The number of hydrazone groups is 1. The summed E-state index contributed by atoms with van der Waals surface area (Å²) in [7, 11) is 0. The van der Waals surface area contributed by atoms with Gasteiger partial charge in [-0.2, -0.15) is 15.1 Å². The number of aryl methyl sites for hydroxylation is 1. The lowest BCUT2D eigenvalue weighted by molar-refractivity contribution is 0.439. The third kappa shape index (κ3) is 6.77. The average Bonchev–Trinajstić information content (AvgIpc) is 2.82. The molecule has 1 N–H and O–H groups in total. The number of aromatic nitrogens is 3. The maximum absolute atomic E-state index is 5.83. The van der Waals surface area contributed by atoms with E-state index in [4.69, 9.17) is 4.74 Å². The van der Waals surface area contributed by atoms with Crippen LogP contribution in [0.3, 0.4) is 0 Å². The highest BCUT2D eigenvalue weighted by Crippen LogP contribution is 2.25. The summed E-state index contributed by atoms with van der Waals surface area (Å²) in [5.41, 5.74) is 5.23. The van der Waals surface area contributed by atoms with Gasteiger partial charge < -0.3 is 9.64 Å². The van der Waals surface area contributed by atoms with E-state index >= 15 is 0 Å². The quantitative estimate of drug-likeness (QED) is 0.425. The Balaban J connectivity index is 0.00000132. The normalized spacial score (nSPS) is 13.5. The van der Waals surface area contributed by atoms with Crippen LogP contribution in [0.15, 0.2) is 60.0 Å². The van der Waals surface area contributed by atoms with Gasteiger partial charge >= 0.3 is 6.01 Å². The van der Waals surface area contributed by atoms with Crippen molar-refractivity contribution in [2.45, 2.75) is 40.0 Å². The van der Waals surface area contributed by atoms with E-state index in [9.17, 15) is 0 Å². The van der Waals surface area contributed by atoms with Crippen LogP contribution in [0.1, 0.15) is 44.2 Å². The Morgan fingerprint density at radius 2 is 1.87 bits per heavy atom. The van der Waals surface area contributed by atoms with Gasteiger partial charge in [-0.05, 0) is 43.9 Å². The number of rotatable bonds is 6. The summed E-state index contributed by atoms with van der Waals surface area (Å²) in [4.78, 5) is 15.4. The second-order valence-electron chi connectivity index (χ2n) is 7.02. The van der Waals surface area contributed by atoms with E-state index in [0.717, 1.165) is 37.3 Å². The van der Waals surface area contributed by atoms with E-state index in [-0.39, 0.29) is 6.01 Å². The van der Waals surface area contributed by atoms with Crippen molar-refractivity contribution >= 4 is 17.9 Å². The zero-order valence-electron chi connectivity index (χ0n) is 18.5. The molecule has 0 spiro atoms. The topological polar surface area (TPSA) is 75.5 Å². The lowest BCUT2D eigenvalue weighted by Crippen LogP contribution is -2.30. The summed E-state index contributed by atoms with van der Waals surface area (Å²) < 4.78 is 5.83. The molecule has 0 unspecified atom stereocenters. The molecule has 7 heteroatoms. The second kappa shape index (κ2) is 11.6. The highest BCUT2D eigenvalue weighted by Gasteiger charge is 2.15. The number of hydrogen-bond acceptors (Lipinski definition) is 7. The molecule has 7 nitrogen and oxygen atoms in total. The molecule has 3 heterocycles. The van der Waals surface area contributed by atoms with Crippen molar-refractivity contribution in [3.63, 3.8) is 0 Å². The highest BCUT2D eigenvalue weighted by atomic mass is 16.5. The van der Waals surface area contributed by atoms with Crippen LogP contribution in [0.4, 0.5) is 11.6 Å². The fourth-order valence-corrected chi connectivity index (χ4v) is 3.24. The van der Waals surface area contributed by atoms with E-state index < -0.39 is 0 Å². The van der Waals surface area contributed by atoms with E-state index in [1.807, 2.05) is 44.2 Å². The third-order valence-corrected chi connectivity index (χ3v) is 4.65. The molecule has 31 heavy (non-hydrogen) atoms. The monoisotopic (exact) mass is 418 g/mol. The fourth-order valence-electron chi connectivity index (χ4n) is 3.24. The Morgan fingerprint density at radius 1 is 1.03 bits per heavy atom. The lowest BCUT2D eigenvalue weighted by atomic mass is 10.1. The molecule has 0 amide bonds. The van der Waals surface area contributed by atoms with Gasteiger partial charge in [0.15, 0.2) is 5.82 Å². The van der Waals surface area contributed by atoms with Gasteiger partial charge in [0.1, 0.15) is 11.6 Å². The number of benzene rings is 1. The Morgan fingerprint density at radius 3 is 2.61 bits per heavy atom. The first-order valence-electron chi connectivity index (χ1n) is 10.8. The van der Waals surface area contributed by atoms with E-state index in [1.54, 1.807) is 18.6 Å². The first-order chi connectivity index (χ1) is 15.3. The van der Waals surface area contributed by atoms with Crippen molar-refractivity contribution < 1.29 is 4.74 Å². The molecule has 1 aliphatic rings. The van der Waals surface area contributed by atoms with Crippen LogP contribution in [0, 0.1) is 6.92 Å². The van der Waals surface area contributed by atoms with Crippen LogP contribution in [0.25, 0.3) is 0 Å². The molecule has 1 aromatic carbocycles. The predicted molar refractivity (Wildman–Crippen MR) is 126 cm³/mol. The van der Waals surface area contributed by atoms with Crippen LogP contribution in [-0.2, 0) is 0 Å². The smallest absolute Gasteiger partial charge is 0.326 e. The molecule has 0 bridgehead atoms. The van der Waals surface area contributed by atoms with Gasteiger partial charge in [0.05, 0.1) is 12.4 Å². The third-order valence-electron chi connectivity index (χ3n) is 4.65. The highest BCUT2D eigenvalue weighted by molar-refractivity contribution is 5.80. The number of anilines is 2. The minimum atomic E-state index is 0.273. The number of hydrogen-bond donors (Lipinski definition) is 1.